The van der Waals surface area contributed by atoms with Crippen LogP contribution in [0.3, 0.4) is 0 Å². The van der Waals surface area contributed by atoms with E-state index in [0.29, 0.717) is 18.4 Å². The summed E-state index contributed by atoms with van der Waals surface area (Å²) < 4.78 is 37.2. The maximum atomic E-state index is 12.4. The number of aliphatic carboxylic acids is 1. The van der Waals surface area contributed by atoms with Crippen LogP contribution in [0.4, 0.5) is 13.2 Å². The minimum absolute atomic E-state index is 0.266. The van der Waals surface area contributed by atoms with Gasteiger partial charge in [0.1, 0.15) is 0 Å². The highest BCUT2D eigenvalue weighted by atomic mass is 19.4. The molecule has 2 rings (SSSR count). The molecule has 1 fully saturated rings. The first-order valence-corrected chi connectivity index (χ1v) is 5.68. The first-order valence-electron chi connectivity index (χ1n) is 5.68. The number of benzene rings is 1. The number of carbonyl (C=O) groups is 1. The monoisotopic (exact) mass is 258 g/mol. The SMILES string of the molecule is CC(c1ccc(C(F)(F)F)cc1)C1(C(=O)O)CC1. The number of rotatable bonds is 3. The van der Waals surface area contributed by atoms with E-state index in [1.165, 1.54) is 12.1 Å². The van der Waals surface area contributed by atoms with E-state index < -0.39 is 23.1 Å². The van der Waals surface area contributed by atoms with Gasteiger partial charge >= 0.3 is 12.1 Å². The van der Waals surface area contributed by atoms with E-state index in [-0.39, 0.29) is 5.92 Å². The highest BCUT2D eigenvalue weighted by Crippen LogP contribution is 2.56. The molecule has 0 heterocycles. The zero-order valence-corrected chi connectivity index (χ0v) is 9.79. The van der Waals surface area contributed by atoms with Gasteiger partial charge in [-0.05, 0) is 36.5 Å². The predicted molar refractivity (Wildman–Crippen MR) is 59.2 cm³/mol. The lowest BCUT2D eigenvalue weighted by Gasteiger charge is -2.20. The number of hydrogen-bond donors (Lipinski definition) is 1. The topological polar surface area (TPSA) is 37.3 Å². The van der Waals surface area contributed by atoms with Crippen molar-refractivity contribution in [2.75, 3.05) is 0 Å². The Morgan fingerprint density at radius 2 is 1.78 bits per heavy atom. The fraction of sp³-hybridized carbons (Fsp3) is 0.462. The van der Waals surface area contributed by atoms with Crippen LogP contribution >= 0.6 is 0 Å². The third-order valence-corrected chi connectivity index (χ3v) is 3.78. The summed E-state index contributed by atoms with van der Waals surface area (Å²) in [6.07, 6.45) is -3.18. The molecular formula is C13H13F3O2. The van der Waals surface area contributed by atoms with E-state index in [4.69, 9.17) is 5.11 Å². The Labute approximate surface area is 102 Å². The lowest BCUT2D eigenvalue weighted by molar-refractivity contribution is -0.144. The van der Waals surface area contributed by atoms with E-state index in [2.05, 4.69) is 0 Å². The van der Waals surface area contributed by atoms with Crippen LogP contribution in [-0.4, -0.2) is 11.1 Å². The average molecular weight is 258 g/mol. The van der Waals surface area contributed by atoms with Crippen molar-refractivity contribution in [3.05, 3.63) is 35.4 Å². The summed E-state index contributed by atoms with van der Waals surface area (Å²) in [5, 5.41) is 9.14. The maximum absolute atomic E-state index is 12.4. The average Bonchev–Trinajstić information content (AvgIpc) is 3.08. The number of carboxylic acid groups (broad SMARTS) is 1. The molecule has 1 saturated carbocycles. The van der Waals surface area contributed by atoms with Gasteiger partial charge < -0.3 is 5.11 Å². The molecule has 18 heavy (non-hydrogen) atoms. The second kappa shape index (κ2) is 4.00. The summed E-state index contributed by atoms with van der Waals surface area (Å²) >= 11 is 0. The van der Waals surface area contributed by atoms with Gasteiger partial charge in [-0.1, -0.05) is 19.1 Å². The molecule has 1 N–H and O–H groups in total. The maximum Gasteiger partial charge on any atom is 0.416 e. The van der Waals surface area contributed by atoms with Gasteiger partial charge in [0.25, 0.3) is 0 Å². The van der Waals surface area contributed by atoms with Crippen LogP contribution in [0, 0.1) is 5.41 Å². The number of carboxylic acids is 1. The van der Waals surface area contributed by atoms with Gasteiger partial charge in [0.15, 0.2) is 0 Å². The Morgan fingerprint density at radius 3 is 2.11 bits per heavy atom. The van der Waals surface area contributed by atoms with Crippen molar-refractivity contribution >= 4 is 5.97 Å². The predicted octanol–water partition coefficient (Wildman–Crippen LogP) is 3.67. The standard InChI is InChI=1S/C13H13F3O2/c1-8(12(6-7-12)11(17)18)9-2-4-10(5-3-9)13(14,15)16/h2-5,8H,6-7H2,1H3,(H,17,18). The Morgan fingerprint density at radius 1 is 1.28 bits per heavy atom. The van der Waals surface area contributed by atoms with Crippen molar-refractivity contribution in [3.8, 4) is 0 Å². The minimum Gasteiger partial charge on any atom is -0.481 e. The van der Waals surface area contributed by atoms with Crippen LogP contribution in [0.1, 0.15) is 36.8 Å². The van der Waals surface area contributed by atoms with Crippen LogP contribution < -0.4 is 0 Å². The smallest absolute Gasteiger partial charge is 0.416 e. The molecule has 1 atom stereocenters. The molecule has 0 saturated heterocycles. The van der Waals surface area contributed by atoms with E-state index in [1.807, 2.05) is 0 Å². The molecule has 2 nitrogen and oxygen atoms in total. The van der Waals surface area contributed by atoms with Crippen molar-refractivity contribution < 1.29 is 23.1 Å². The van der Waals surface area contributed by atoms with Gasteiger partial charge in [0.2, 0.25) is 0 Å². The molecule has 0 amide bonds. The fourth-order valence-electron chi connectivity index (χ4n) is 2.25. The van der Waals surface area contributed by atoms with E-state index in [1.54, 1.807) is 6.92 Å². The first-order chi connectivity index (χ1) is 8.27. The van der Waals surface area contributed by atoms with Crippen LogP contribution in [0.2, 0.25) is 0 Å². The molecule has 0 aromatic heterocycles. The van der Waals surface area contributed by atoms with E-state index in [9.17, 15) is 18.0 Å². The number of hydrogen-bond acceptors (Lipinski definition) is 1. The molecule has 1 aliphatic carbocycles. The van der Waals surface area contributed by atoms with Gasteiger partial charge in [-0.25, -0.2) is 0 Å². The van der Waals surface area contributed by atoms with Crippen LogP contribution in [0.25, 0.3) is 0 Å². The summed E-state index contributed by atoms with van der Waals surface area (Å²) in [7, 11) is 0. The molecule has 5 heteroatoms. The molecule has 1 aromatic carbocycles. The van der Waals surface area contributed by atoms with E-state index >= 15 is 0 Å². The molecule has 0 spiro atoms. The summed E-state index contributed by atoms with van der Waals surface area (Å²) in [6, 6.07) is 4.75. The van der Waals surface area contributed by atoms with Crippen molar-refractivity contribution in [3.63, 3.8) is 0 Å². The van der Waals surface area contributed by atoms with Crippen LogP contribution in [-0.2, 0) is 11.0 Å². The van der Waals surface area contributed by atoms with Gasteiger partial charge in [-0.3, -0.25) is 4.79 Å². The summed E-state index contributed by atoms with van der Waals surface area (Å²) in [5.74, 6) is -1.13. The van der Waals surface area contributed by atoms with Crippen molar-refractivity contribution in [2.24, 2.45) is 5.41 Å². The molecule has 0 radical (unpaired) electrons. The third-order valence-electron chi connectivity index (χ3n) is 3.78. The molecular weight excluding hydrogens is 245 g/mol. The lowest BCUT2D eigenvalue weighted by Crippen LogP contribution is -2.21. The molecule has 98 valence electrons. The number of halogens is 3. The lowest BCUT2D eigenvalue weighted by atomic mass is 9.84. The van der Waals surface area contributed by atoms with E-state index in [0.717, 1.165) is 12.1 Å². The second-order valence-corrected chi connectivity index (χ2v) is 4.80. The molecule has 1 aromatic rings. The largest absolute Gasteiger partial charge is 0.481 e. The second-order valence-electron chi connectivity index (χ2n) is 4.80. The van der Waals surface area contributed by atoms with Crippen LogP contribution in [0.15, 0.2) is 24.3 Å². The third kappa shape index (κ3) is 2.09. The highest BCUT2D eigenvalue weighted by Gasteiger charge is 2.54. The van der Waals surface area contributed by atoms with Crippen LogP contribution in [0.5, 0.6) is 0 Å². The summed E-state index contributed by atoms with van der Waals surface area (Å²) in [5.41, 5.74) is -0.846. The highest BCUT2D eigenvalue weighted by molar-refractivity contribution is 5.79. The first kappa shape index (κ1) is 12.9. The summed E-state index contributed by atoms with van der Waals surface area (Å²) in [4.78, 5) is 11.1. The van der Waals surface area contributed by atoms with Gasteiger partial charge in [0.05, 0.1) is 11.0 Å². The minimum atomic E-state index is -4.36. The number of alkyl halides is 3. The summed E-state index contributed by atoms with van der Waals surface area (Å²) in [6.45, 7) is 1.75. The normalized spacial score (nSPS) is 19.3. The Hall–Kier alpha value is -1.52. The molecule has 1 aliphatic rings. The Balaban J connectivity index is 2.23. The van der Waals surface area contributed by atoms with Crippen molar-refractivity contribution in [1.29, 1.82) is 0 Å². The zero-order chi connectivity index (χ0) is 13.6. The molecule has 0 aliphatic heterocycles. The van der Waals surface area contributed by atoms with Gasteiger partial charge in [-0.2, -0.15) is 13.2 Å². The fourth-order valence-corrected chi connectivity index (χ4v) is 2.25. The quantitative estimate of drug-likeness (QED) is 0.898. The zero-order valence-electron chi connectivity index (χ0n) is 9.79. The van der Waals surface area contributed by atoms with Gasteiger partial charge in [-0.15, -0.1) is 0 Å². The van der Waals surface area contributed by atoms with Gasteiger partial charge in [0, 0.05) is 0 Å². The molecule has 0 bridgehead atoms. The molecule has 1 unspecified atom stereocenters. The van der Waals surface area contributed by atoms with Crippen molar-refractivity contribution in [1.82, 2.24) is 0 Å². The Bertz CT molecular complexity index is 458. The Kier molecular flexibility index (Phi) is 2.87. The van der Waals surface area contributed by atoms with Crippen molar-refractivity contribution in [2.45, 2.75) is 31.9 Å².